The van der Waals surface area contributed by atoms with E-state index in [0.29, 0.717) is 23.4 Å². The van der Waals surface area contributed by atoms with Crippen molar-refractivity contribution in [1.29, 1.82) is 0 Å². The van der Waals surface area contributed by atoms with Crippen LogP contribution in [0.25, 0.3) is 0 Å². The minimum absolute atomic E-state index is 0.0439. The fraction of sp³-hybridized carbons (Fsp3) is 0.684. The number of hydrogen-bond acceptors (Lipinski definition) is 4. The summed E-state index contributed by atoms with van der Waals surface area (Å²) in [5, 5.41) is 7.81. The van der Waals surface area contributed by atoms with Gasteiger partial charge in [-0.15, -0.1) is 11.3 Å². The van der Waals surface area contributed by atoms with Crippen molar-refractivity contribution >= 4 is 23.2 Å². The molecule has 2 rings (SSSR count). The Morgan fingerprint density at radius 3 is 2.68 bits per heavy atom. The first kappa shape index (κ1) is 19.9. The molecule has 5 nitrogen and oxygen atoms in total. The van der Waals surface area contributed by atoms with Gasteiger partial charge in [-0.3, -0.25) is 9.59 Å². The summed E-state index contributed by atoms with van der Waals surface area (Å²) in [6.45, 7) is 11.2. The Morgan fingerprint density at radius 1 is 1.32 bits per heavy atom. The van der Waals surface area contributed by atoms with Gasteiger partial charge in [0.05, 0.1) is 4.88 Å². The molecule has 1 saturated heterocycles. The number of carbonyl (C=O) groups excluding carboxylic acids is 2. The van der Waals surface area contributed by atoms with Gasteiger partial charge in [0.2, 0.25) is 5.91 Å². The van der Waals surface area contributed by atoms with Crippen LogP contribution in [0, 0.1) is 11.8 Å². The molecule has 1 aliphatic heterocycles. The quantitative estimate of drug-likeness (QED) is 0.781. The third-order valence-corrected chi connectivity index (χ3v) is 5.70. The van der Waals surface area contributed by atoms with Gasteiger partial charge in [-0.2, -0.15) is 0 Å². The SMILES string of the molecule is CC(C)C(NC(=O)c1cccs1)C(=O)NCC1CCCN(C(C)C)C1. The van der Waals surface area contributed by atoms with E-state index >= 15 is 0 Å². The van der Waals surface area contributed by atoms with Crippen LogP contribution in [0.4, 0.5) is 0 Å². The first-order valence-electron chi connectivity index (χ1n) is 9.24. The molecule has 0 aliphatic carbocycles. The number of hydrogen-bond donors (Lipinski definition) is 2. The summed E-state index contributed by atoms with van der Waals surface area (Å²) < 4.78 is 0. The molecule has 2 atom stereocenters. The van der Waals surface area contributed by atoms with Gasteiger partial charge < -0.3 is 15.5 Å². The number of amides is 2. The summed E-state index contributed by atoms with van der Waals surface area (Å²) in [6.07, 6.45) is 2.33. The second-order valence-electron chi connectivity index (χ2n) is 7.51. The Labute approximate surface area is 155 Å². The lowest BCUT2D eigenvalue weighted by atomic mass is 9.96. The van der Waals surface area contributed by atoms with E-state index in [4.69, 9.17) is 0 Å². The zero-order valence-electron chi connectivity index (χ0n) is 15.7. The maximum atomic E-state index is 12.6. The van der Waals surface area contributed by atoms with Gasteiger partial charge in [-0.05, 0) is 56.5 Å². The average Bonchev–Trinajstić information content (AvgIpc) is 3.12. The van der Waals surface area contributed by atoms with E-state index in [1.807, 2.05) is 25.3 Å². The van der Waals surface area contributed by atoms with Crippen LogP contribution >= 0.6 is 11.3 Å². The Balaban J connectivity index is 1.86. The highest BCUT2D eigenvalue weighted by molar-refractivity contribution is 7.12. The number of likely N-dealkylation sites (tertiary alicyclic amines) is 1. The molecule has 1 aliphatic rings. The number of nitrogens with zero attached hydrogens (tertiary/aromatic N) is 1. The smallest absolute Gasteiger partial charge is 0.262 e. The van der Waals surface area contributed by atoms with E-state index in [1.54, 1.807) is 6.07 Å². The number of thiophene rings is 1. The van der Waals surface area contributed by atoms with Crippen molar-refractivity contribution in [1.82, 2.24) is 15.5 Å². The molecule has 2 N–H and O–H groups in total. The average molecular weight is 366 g/mol. The number of carbonyl (C=O) groups is 2. The first-order chi connectivity index (χ1) is 11.9. The number of piperidine rings is 1. The van der Waals surface area contributed by atoms with Gasteiger partial charge in [0, 0.05) is 19.1 Å². The standard InChI is InChI=1S/C19H31N3O2S/c1-13(2)17(21-18(23)16-8-6-10-25-16)19(24)20-11-15-7-5-9-22(12-15)14(3)4/h6,8,10,13-15,17H,5,7,9,11-12H2,1-4H3,(H,20,24)(H,21,23). The predicted molar refractivity (Wildman–Crippen MR) is 103 cm³/mol. The molecule has 140 valence electrons. The highest BCUT2D eigenvalue weighted by Gasteiger charge is 2.27. The highest BCUT2D eigenvalue weighted by atomic mass is 32.1. The van der Waals surface area contributed by atoms with Crippen molar-refractivity contribution < 1.29 is 9.59 Å². The molecule has 0 bridgehead atoms. The van der Waals surface area contributed by atoms with Crippen LogP contribution in [0.2, 0.25) is 0 Å². The van der Waals surface area contributed by atoms with Crippen molar-refractivity contribution in [2.24, 2.45) is 11.8 Å². The Kier molecular flexibility index (Phi) is 7.44. The van der Waals surface area contributed by atoms with E-state index in [0.717, 1.165) is 19.5 Å². The van der Waals surface area contributed by atoms with Crippen LogP contribution in [0.5, 0.6) is 0 Å². The minimum Gasteiger partial charge on any atom is -0.354 e. The second kappa shape index (κ2) is 9.34. The topological polar surface area (TPSA) is 61.4 Å². The largest absolute Gasteiger partial charge is 0.354 e. The molecule has 0 aromatic carbocycles. The predicted octanol–water partition coefficient (Wildman–Crippen LogP) is 2.74. The van der Waals surface area contributed by atoms with Crippen LogP contribution < -0.4 is 10.6 Å². The molecule has 0 spiro atoms. The third-order valence-electron chi connectivity index (χ3n) is 4.83. The van der Waals surface area contributed by atoms with Gasteiger partial charge in [-0.1, -0.05) is 19.9 Å². The molecule has 25 heavy (non-hydrogen) atoms. The maximum Gasteiger partial charge on any atom is 0.262 e. The Bertz CT molecular complexity index is 557. The lowest BCUT2D eigenvalue weighted by Crippen LogP contribution is -2.51. The van der Waals surface area contributed by atoms with Crippen LogP contribution in [0.15, 0.2) is 17.5 Å². The molecule has 6 heteroatoms. The minimum atomic E-state index is -0.501. The fourth-order valence-corrected chi connectivity index (χ4v) is 3.87. The van der Waals surface area contributed by atoms with Gasteiger partial charge in [0.1, 0.15) is 6.04 Å². The molecule has 2 amide bonds. The van der Waals surface area contributed by atoms with E-state index in [-0.39, 0.29) is 17.7 Å². The van der Waals surface area contributed by atoms with Crippen molar-refractivity contribution in [3.8, 4) is 0 Å². The van der Waals surface area contributed by atoms with Gasteiger partial charge in [0.15, 0.2) is 0 Å². The zero-order valence-corrected chi connectivity index (χ0v) is 16.6. The first-order valence-corrected chi connectivity index (χ1v) is 10.1. The molecule has 0 saturated carbocycles. The summed E-state index contributed by atoms with van der Waals surface area (Å²) >= 11 is 1.39. The summed E-state index contributed by atoms with van der Waals surface area (Å²) in [7, 11) is 0. The second-order valence-corrected chi connectivity index (χ2v) is 8.46. The molecular weight excluding hydrogens is 334 g/mol. The normalized spacial score (nSPS) is 19.8. The summed E-state index contributed by atoms with van der Waals surface area (Å²) in [5.41, 5.74) is 0. The van der Waals surface area contributed by atoms with E-state index in [1.165, 1.54) is 17.8 Å². The molecular formula is C19H31N3O2S. The van der Waals surface area contributed by atoms with E-state index in [9.17, 15) is 9.59 Å². The highest BCUT2D eigenvalue weighted by Crippen LogP contribution is 2.18. The maximum absolute atomic E-state index is 12.6. The van der Waals surface area contributed by atoms with Gasteiger partial charge >= 0.3 is 0 Å². The fourth-order valence-electron chi connectivity index (χ4n) is 3.24. The molecule has 1 aromatic heterocycles. The van der Waals surface area contributed by atoms with Crippen molar-refractivity contribution in [3.05, 3.63) is 22.4 Å². The molecule has 2 heterocycles. The van der Waals surface area contributed by atoms with Crippen LogP contribution in [0.3, 0.4) is 0 Å². The van der Waals surface area contributed by atoms with E-state index < -0.39 is 6.04 Å². The number of rotatable bonds is 7. The van der Waals surface area contributed by atoms with Gasteiger partial charge in [0.25, 0.3) is 5.91 Å². The van der Waals surface area contributed by atoms with E-state index in [2.05, 4.69) is 29.4 Å². The Hall–Kier alpha value is -1.40. The third kappa shape index (κ3) is 5.82. The monoisotopic (exact) mass is 365 g/mol. The summed E-state index contributed by atoms with van der Waals surface area (Å²) in [4.78, 5) is 28.0. The van der Waals surface area contributed by atoms with Crippen LogP contribution in [-0.4, -0.2) is 48.4 Å². The number of nitrogens with one attached hydrogen (secondary N) is 2. The van der Waals surface area contributed by atoms with Crippen molar-refractivity contribution in [3.63, 3.8) is 0 Å². The van der Waals surface area contributed by atoms with Crippen LogP contribution in [0.1, 0.15) is 50.2 Å². The lowest BCUT2D eigenvalue weighted by molar-refractivity contribution is -0.124. The molecule has 2 unspecified atom stereocenters. The summed E-state index contributed by atoms with van der Waals surface area (Å²) in [5.74, 6) is 0.275. The van der Waals surface area contributed by atoms with Crippen molar-refractivity contribution in [2.45, 2.75) is 52.6 Å². The molecule has 0 radical (unpaired) electrons. The Morgan fingerprint density at radius 2 is 2.08 bits per heavy atom. The van der Waals surface area contributed by atoms with Gasteiger partial charge in [-0.25, -0.2) is 0 Å². The molecule has 1 fully saturated rings. The van der Waals surface area contributed by atoms with Crippen molar-refractivity contribution in [2.75, 3.05) is 19.6 Å². The van der Waals surface area contributed by atoms with Crippen LogP contribution in [-0.2, 0) is 4.79 Å². The summed E-state index contributed by atoms with van der Waals surface area (Å²) in [6, 6.07) is 3.66. The zero-order chi connectivity index (χ0) is 18.4. The molecule has 1 aromatic rings. The lowest BCUT2D eigenvalue weighted by Gasteiger charge is -2.35.